The van der Waals surface area contributed by atoms with Crippen LogP contribution in [0, 0.1) is 23.0 Å². The molecule has 30 heavy (non-hydrogen) atoms. The molecule has 4 aromatic rings. The second-order valence-corrected chi connectivity index (χ2v) is 6.33. The first-order valence-corrected chi connectivity index (χ1v) is 9.04. The third-order valence-electron chi connectivity index (χ3n) is 4.36. The first kappa shape index (κ1) is 20.6. The number of aryl methyl sites for hydroxylation is 1. The average molecular weight is 404 g/mol. The number of hydrogen-bond acceptors (Lipinski definition) is 6. The molecule has 8 heteroatoms. The lowest BCUT2D eigenvalue weighted by atomic mass is 10.0. The molecule has 0 aliphatic carbocycles. The Morgan fingerprint density at radius 1 is 0.967 bits per heavy atom. The van der Waals surface area contributed by atoms with E-state index in [1.54, 1.807) is 18.2 Å². The molecule has 4 N–H and O–H groups in total. The fraction of sp³-hybridized carbons (Fsp3) is 0.0909. The summed E-state index contributed by atoms with van der Waals surface area (Å²) in [5.41, 5.74) is 13.7. The fourth-order valence-electron chi connectivity index (χ4n) is 2.87. The van der Waals surface area contributed by atoms with Gasteiger partial charge in [-0.05, 0) is 42.3 Å². The van der Waals surface area contributed by atoms with Gasteiger partial charge in [-0.2, -0.15) is 5.26 Å². The van der Waals surface area contributed by atoms with E-state index in [4.69, 9.17) is 16.7 Å². The number of nitrogens with two attached hydrogens (primary N) is 2. The molecule has 2 aromatic heterocycles. The number of anilines is 2. The molecule has 2 aromatic carbocycles. The highest BCUT2D eigenvalue weighted by Crippen LogP contribution is 2.27. The molecule has 150 valence electrons. The number of halogens is 2. The van der Waals surface area contributed by atoms with E-state index in [9.17, 15) is 8.78 Å². The van der Waals surface area contributed by atoms with Gasteiger partial charge in [0, 0.05) is 17.0 Å². The molecule has 0 radical (unpaired) electrons. The van der Waals surface area contributed by atoms with Crippen molar-refractivity contribution < 1.29 is 8.78 Å². The minimum Gasteiger partial charge on any atom is -0.382 e. The maximum Gasteiger partial charge on any atom is 0.146 e. The fourth-order valence-corrected chi connectivity index (χ4v) is 2.87. The summed E-state index contributed by atoms with van der Waals surface area (Å²) in [5.74, 6) is -0.380. The van der Waals surface area contributed by atoms with Crippen LogP contribution in [0.3, 0.4) is 0 Å². The van der Waals surface area contributed by atoms with Crippen LogP contribution in [-0.2, 0) is 6.42 Å². The van der Waals surface area contributed by atoms with Gasteiger partial charge < -0.3 is 11.5 Å². The zero-order valence-corrected chi connectivity index (χ0v) is 16.1. The lowest BCUT2D eigenvalue weighted by Crippen LogP contribution is -2.01. The summed E-state index contributed by atoms with van der Waals surface area (Å²) in [4.78, 5) is 11.7. The van der Waals surface area contributed by atoms with Crippen molar-refractivity contribution in [3.8, 4) is 17.3 Å². The lowest BCUT2D eigenvalue weighted by Gasteiger charge is -2.09. The van der Waals surface area contributed by atoms with Gasteiger partial charge in [0.2, 0.25) is 0 Å². The Hall–Kier alpha value is -4.12. The highest BCUT2D eigenvalue weighted by Gasteiger charge is 2.09. The Labute approximate surface area is 171 Å². The molecular weight excluding hydrogens is 386 g/mol. The summed E-state index contributed by atoms with van der Waals surface area (Å²) in [7, 11) is 0. The van der Waals surface area contributed by atoms with Crippen LogP contribution >= 0.6 is 0 Å². The van der Waals surface area contributed by atoms with E-state index >= 15 is 0 Å². The largest absolute Gasteiger partial charge is 0.382 e. The summed E-state index contributed by atoms with van der Waals surface area (Å²) >= 11 is 0. The molecule has 0 amide bonds. The van der Waals surface area contributed by atoms with Crippen molar-refractivity contribution in [1.29, 1.82) is 5.26 Å². The number of nitriles is 1. The molecule has 4 rings (SSSR count). The maximum atomic E-state index is 13.4. The van der Waals surface area contributed by atoms with Crippen LogP contribution in [0.1, 0.15) is 18.1 Å². The zero-order valence-electron chi connectivity index (χ0n) is 16.1. The van der Waals surface area contributed by atoms with Crippen molar-refractivity contribution in [3.05, 3.63) is 77.6 Å². The Morgan fingerprint density at radius 3 is 2.27 bits per heavy atom. The third kappa shape index (κ3) is 4.47. The van der Waals surface area contributed by atoms with E-state index in [1.165, 1.54) is 30.6 Å². The van der Waals surface area contributed by atoms with E-state index in [0.29, 0.717) is 16.8 Å². The van der Waals surface area contributed by atoms with Gasteiger partial charge in [-0.15, -0.1) is 0 Å². The quantitative estimate of drug-likeness (QED) is 0.516. The SMILES string of the molecule is CCc1cc2ccc(F)cc2nc1-c1cccc(F)c1.N#Cc1c(N)ncnc1N. The van der Waals surface area contributed by atoms with Gasteiger partial charge in [-0.3, -0.25) is 0 Å². The Bertz CT molecular complexity index is 1230. The zero-order chi connectivity index (χ0) is 21.7. The van der Waals surface area contributed by atoms with Crippen molar-refractivity contribution in [2.24, 2.45) is 0 Å². The second kappa shape index (κ2) is 8.92. The number of pyridine rings is 1. The van der Waals surface area contributed by atoms with Crippen LogP contribution < -0.4 is 11.5 Å². The van der Waals surface area contributed by atoms with Crippen LogP contribution in [0.5, 0.6) is 0 Å². The summed E-state index contributed by atoms with van der Waals surface area (Å²) in [6.45, 7) is 2.02. The van der Waals surface area contributed by atoms with E-state index < -0.39 is 0 Å². The minimum atomic E-state index is -0.320. The van der Waals surface area contributed by atoms with E-state index in [2.05, 4.69) is 15.0 Å². The van der Waals surface area contributed by atoms with Gasteiger partial charge in [-0.1, -0.05) is 19.1 Å². The van der Waals surface area contributed by atoms with Crippen molar-refractivity contribution >= 4 is 22.5 Å². The topological polar surface area (TPSA) is 114 Å². The molecular formula is C22H18F2N6. The summed E-state index contributed by atoms with van der Waals surface area (Å²) in [5, 5.41) is 9.30. The summed E-state index contributed by atoms with van der Waals surface area (Å²) in [6, 6.07) is 14.6. The molecule has 6 nitrogen and oxygen atoms in total. The average Bonchev–Trinajstić information content (AvgIpc) is 2.73. The van der Waals surface area contributed by atoms with Gasteiger partial charge in [0.25, 0.3) is 0 Å². The standard InChI is InChI=1S/C17H13F2N.C5H5N5/c1-2-11-8-12-6-7-15(19)10-16(12)20-17(11)13-4-3-5-14(18)9-13;6-1-3-4(7)9-2-10-5(3)8/h3-10H,2H2,1H3;2H,(H4,7,8,9,10). The van der Waals surface area contributed by atoms with Crippen molar-refractivity contribution in [3.63, 3.8) is 0 Å². The molecule has 0 aliphatic heterocycles. The Kier molecular flexibility index (Phi) is 6.13. The van der Waals surface area contributed by atoms with Crippen LogP contribution in [0.4, 0.5) is 20.4 Å². The number of hydrogen-bond donors (Lipinski definition) is 2. The number of aromatic nitrogens is 3. The maximum absolute atomic E-state index is 13.4. The van der Waals surface area contributed by atoms with Gasteiger partial charge in [0.15, 0.2) is 0 Å². The number of nitrogen functional groups attached to an aromatic ring is 2. The van der Waals surface area contributed by atoms with Crippen molar-refractivity contribution in [2.45, 2.75) is 13.3 Å². The van der Waals surface area contributed by atoms with E-state index in [1.807, 2.05) is 19.1 Å². The summed E-state index contributed by atoms with van der Waals surface area (Å²) in [6.07, 6.45) is 2.00. The predicted octanol–water partition coefficient (Wildman–Crippen LogP) is 4.26. The molecule has 2 heterocycles. The van der Waals surface area contributed by atoms with E-state index in [0.717, 1.165) is 17.4 Å². The third-order valence-corrected chi connectivity index (χ3v) is 4.36. The highest BCUT2D eigenvalue weighted by molar-refractivity contribution is 5.83. The molecule has 0 bridgehead atoms. The van der Waals surface area contributed by atoms with Gasteiger partial charge >= 0.3 is 0 Å². The van der Waals surface area contributed by atoms with Gasteiger partial charge in [0.05, 0.1) is 11.2 Å². The van der Waals surface area contributed by atoms with Crippen LogP contribution in [0.15, 0.2) is 54.9 Å². The van der Waals surface area contributed by atoms with Gasteiger partial charge in [0.1, 0.15) is 41.2 Å². The lowest BCUT2D eigenvalue weighted by molar-refractivity contribution is 0.628. The predicted molar refractivity (Wildman–Crippen MR) is 112 cm³/mol. The molecule has 0 atom stereocenters. The number of rotatable bonds is 2. The molecule has 0 saturated heterocycles. The second-order valence-electron chi connectivity index (χ2n) is 6.33. The monoisotopic (exact) mass is 404 g/mol. The number of fused-ring (bicyclic) bond motifs is 1. The number of nitrogens with zero attached hydrogens (tertiary/aromatic N) is 4. The number of benzene rings is 2. The molecule has 0 spiro atoms. The Morgan fingerprint density at radius 2 is 1.67 bits per heavy atom. The van der Waals surface area contributed by atoms with Crippen molar-refractivity contribution in [1.82, 2.24) is 15.0 Å². The van der Waals surface area contributed by atoms with Gasteiger partial charge in [-0.25, -0.2) is 23.7 Å². The van der Waals surface area contributed by atoms with E-state index in [-0.39, 0.29) is 28.8 Å². The molecule has 0 fully saturated rings. The van der Waals surface area contributed by atoms with Crippen molar-refractivity contribution in [2.75, 3.05) is 11.5 Å². The normalized spacial score (nSPS) is 10.2. The molecule has 0 unspecified atom stereocenters. The molecule has 0 saturated carbocycles. The Balaban J connectivity index is 0.000000216. The van der Waals surface area contributed by atoms with Crippen LogP contribution in [-0.4, -0.2) is 15.0 Å². The molecule has 0 aliphatic rings. The first-order chi connectivity index (χ1) is 14.4. The highest BCUT2D eigenvalue weighted by atomic mass is 19.1. The van der Waals surface area contributed by atoms with Crippen LogP contribution in [0.25, 0.3) is 22.2 Å². The minimum absolute atomic E-state index is 0.120. The summed E-state index contributed by atoms with van der Waals surface area (Å²) < 4.78 is 26.7. The smallest absolute Gasteiger partial charge is 0.146 e. The first-order valence-electron chi connectivity index (χ1n) is 9.04. The van der Waals surface area contributed by atoms with Crippen LogP contribution in [0.2, 0.25) is 0 Å².